The van der Waals surface area contributed by atoms with Crippen molar-refractivity contribution >= 4 is 32.4 Å². The van der Waals surface area contributed by atoms with Crippen molar-refractivity contribution in [2.75, 3.05) is 5.32 Å². The van der Waals surface area contributed by atoms with Gasteiger partial charge in [-0.2, -0.15) is 8.42 Å². The molecule has 0 radical (unpaired) electrons. The van der Waals surface area contributed by atoms with Gasteiger partial charge in [-0.1, -0.05) is 25.0 Å². The number of anilines is 1. The average Bonchev–Trinajstić information content (AvgIpc) is 3.52. The van der Waals surface area contributed by atoms with Gasteiger partial charge in [-0.3, -0.25) is 4.79 Å². The second-order valence-corrected chi connectivity index (χ2v) is 9.16. The van der Waals surface area contributed by atoms with Crippen LogP contribution in [0.5, 0.6) is 5.88 Å². The topological polar surface area (TPSA) is 104 Å². The van der Waals surface area contributed by atoms with Gasteiger partial charge >= 0.3 is 29.6 Å². The van der Waals surface area contributed by atoms with Crippen LogP contribution in [0, 0.1) is 11.7 Å². The van der Waals surface area contributed by atoms with Gasteiger partial charge in [0, 0.05) is 11.9 Å². The van der Waals surface area contributed by atoms with Crippen LogP contribution in [-0.2, 0) is 16.6 Å². The number of sulfonamides is 1. The van der Waals surface area contributed by atoms with Crippen LogP contribution in [0.4, 0.5) is 10.1 Å². The zero-order valence-electron chi connectivity index (χ0n) is 16.8. The van der Waals surface area contributed by atoms with Gasteiger partial charge in [0.15, 0.2) is 11.3 Å². The van der Waals surface area contributed by atoms with E-state index in [1.165, 1.54) is 28.8 Å². The first-order valence-electron chi connectivity index (χ1n) is 9.59. The van der Waals surface area contributed by atoms with Crippen molar-refractivity contribution in [2.45, 2.75) is 30.7 Å². The Kier molecular flexibility index (Phi) is 5.72. The molecule has 1 N–H and O–H groups in total. The summed E-state index contributed by atoms with van der Waals surface area (Å²) in [5.74, 6) is -1.06. The zero-order chi connectivity index (χ0) is 21.0. The molecule has 0 atom stereocenters. The fraction of sp³-hybridized carbons (Fsp3) is 0.238. The summed E-state index contributed by atoms with van der Waals surface area (Å²) >= 11 is 0. The normalized spacial score (nSPS) is 16.7. The number of hydrogen-bond donors (Lipinski definition) is 1. The van der Waals surface area contributed by atoms with Crippen LogP contribution in [0.2, 0.25) is 0 Å². The molecular weight excluding hydrogens is 432 g/mol. The van der Waals surface area contributed by atoms with E-state index in [9.17, 15) is 22.7 Å². The van der Waals surface area contributed by atoms with Crippen molar-refractivity contribution in [3.8, 4) is 5.88 Å². The largest absolute Gasteiger partial charge is 1.00 e. The number of benzene rings is 2. The molecule has 0 spiro atoms. The van der Waals surface area contributed by atoms with E-state index in [2.05, 4.69) is 9.71 Å². The summed E-state index contributed by atoms with van der Waals surface area (Å²) in [5, 5.41) is 16.1. The van der Waals surface area contributed by atoms with Gasteiger partial charge in [-0.05, 0) is 48.6 Å². The molecular formula is C21H17FN3NaO4S. The van der Waals surface area contributed by atoms with E-state index >= 15 is 0 Å². The Morgan fingerprint density at radius 1 is 1.19 bits per heavy atom. The van der Waals surface area contributed by atoms with Crippen molar-refractivity contribution in [3.05, 3.63) is 64.1 Å². The number of nitrogens with zero attached hydrogens (tertiary/aromatic N) is 2. The van der Waals surface area contributed by atoms with E-state index in [1.54, 1.807) is 12.1 Å². The summed E-state index contributed by atoms with van der Waals surface area (Å²) < 4.78 is 44.2. The number of aromatic nitrogens is 1. The molecule has 3 aromatic rings. The third-order valence-corrected chi connectivity index (χ3v) is 6.84. The molecule has 1 aliphatic carbocycles. The van der Waals surface area contributed by atoms with E-state index in [0.29, 0.717) is 18.0 Å². The Balaban J connectivity index is 0.00000231. The summed E-state index contributed by atoms with van der Waals surface area (Å²) in [6, 6.07) is 9.78. The maximum absolute atomic E-state index is 13.9. The monoisotopic (exact) mass is 449 g/mol. The van der Waals surface area contributed by atoms with Crippen LogP contribution in [-0.4, -0.2) is 18.8 Å². The van der Waals surface area contributed by atoms with E-state index in [1.807, 2.05) is 0 Å². The molecule has 2 aromatic carbocycles. The van der Waals surface area contributed by atoms with Crippen LogP contribution in [0.3, 0.4) is 0 Å². The number of halogens is 1. The summed E-state index contributed by atoms with van der Waals surface area (Å²) in [7, 11) is -4.10. The number of nitrogens with one attached hydrogen (secondary N) is 1. The first-order chi connectivity index (χ1) is 14.3. The Labute approximate surface area is 200 Å². The first-order valence-corrected chi connectivity index (χ1v) is 11.0. The number of fused-ring (bicyclic) bond motifs is 2. The molecule has 31 heavy (non-hydrogen) atoms. The number of hydrogen-bond acceptors (Lipinski definition) is 5. The second kappa shape index (κ2) is 8.05. The van der Waals surface area contributed by atoms with Crippen molar-refractivity contribution in [2.24, 2.45) is 10.3 Å². The predicted molar refractivity (Wildman–Crippen MR) is 109 cm³/mol. The minimum absolute atomic E-state index is 0. The summed E-state index contributed by atoms with van der Waals surface area (Å²) in [6.07, 6.45) is 2.94. The van der Waals surface area contributed by atoms with Crippen LogP contribution >= 0.6 is 0 Å². The Morgan fingerprint density at radius 2 is 1.94 bits per heavy atom. The third-order valence-electron chi connectivity index (χ3n) is 5.50. The van der Waals surface area contributed by atoms with Crippen LogP contribution in [0.25, 0.3) is 10.9 Å². The molecule has 1 fully saturated rings. The molecule has 2 heterocycles. The molecule has 2 aliphatic rings. The van der Waals surface area contributed by atoms with E-state index in [-0.39, 0.29) is 51.4 Å². The SMILES string of the molecule is O=c1c(C2=NS(=O)(=O)c3ccccc3N2)c([O-])n(CCC2CC2)c2ccc(F)cc12.[Na+]. The Hall–Kier alpha value is -2.20. The van der Waals surface area contributed by atoms with Crippen molar-refractivity contribution in [3.63, 3.8) is 0 Å². The second-order valence-electron chi connectivity index (χ2n) is 7.59. The standard InChI is InChI=1S/C21H18FN3O4S.Na/c22-13-7-8-16-14(11-13)19(26)18(21(27)25(16)10-9-12-5-6-12)20-23-15-3-1-2-4-17(15)30(28,29)24-20;/h1-4,7-8,11-12,27H,5-6,9-10H2,(H,23,24);/q;+1/p-1. The molecule has 0 unspecified atom stereocenters. The van der Waals surface area contributed by atoms with Crippen LogP contribution < -0.4 is 45.4 Å². The molecule has 0 amide bonds. The van der Waals surface area contributed by atoms with Gasteiger partial charge in [-0.15, -0.1) is 4.40 Å². The van der Waals surface area contributed by atoms with Gasteiger partial charge in [0.25, 0.3) is 10.0 Å². The number of rotatable bonds is 4. The zero-order valence-corrected chi connectivity index (χ0v) is 19.6. The fourth-order valence-electron chi connectivity index (χ4n) is 3.77. The molecule has 1 aromatic heterocycles. The summed E-state index contributed by atoms with van der Waals surface area (Å²) in [6.45, 7) is 0.357. The molecule has 1 saturated carbocycles. The number of aryl methyl sites for hydroxylation is 1. The maximum atomic E-state index is 13.9. The van der Waals surface area contributed by atoms with Gasteiger partial charge < -0.3 is 15.0 Å². The number of amidine groups is 1. The van der Waals surface area contributed by atoms with Crippen LogP contribution in [0.15, 0.2) is 56.6 Å². The minimum atomic E-state index is -4.10. The summed E-state index contributed by atoms with van der Waals surface area (Å²) in [5.41, 5.74) is -0.597. The van der Waals surface area contributed by atoms with Gasteiger partial charge in [0.2, 0.25) is 0 Å². The van der Waals surface area contributed by atoms with Crippen LogP contribution in [0.1, 0.15) is 24.8 Å². The molecule has 0 saturated heterocycles. The van der Waals surface area contributed by atoms with E-state index in [4.69, 9.17) is 0 Å². The van der Waals surface area contributed by atoms with Gasteiger partial charge in [0.05, 0.1) is 16.8 Å². The fourth-order valence-corrected chi connectivity index (χ4v) is 4.90. The molecule has 5 rings (SSSR count). The molecule has 7 nitrogen and oxygen atoms in total. The van der Waals surface area contributed by atoms with Gasteiger partial charge in [-0.25, -0.2) is 4.39 Å². The first kappa shape index (κ1) is 22.0. The van der Waals surface area contributed by atoms with E-state index in [0.717, 1.165) is 25.3 Å². The molecule has 0 bridgehead atoms. The van der Waals surface area contributed by atoms with Crippen molar-refractivity contribution < 1.29 is 47.5 Å². The molecule has 1 aliphatic heterocycles. The Bertz CT molecular complexity index is 1400. The Morgan fingerprint density at radius 3 is 2.68 bits per heavy atom. The van der Waals surface area contributed by atoms with Crippen molar-refractivity contribution in [1.29, 1.82) is 0 Å². The molecule has 154 valence electrons. The minimum Gasteiger partial charge on any atom is -0.859 e. The summed E-state index contributed by atoms with van der Waals surface area (Å²) in [4.78, 5) is 13.1. The third kappa shape index (κ3) is 3.91. The van der Waals surface area contributed by atoms with Crippen molar-refractivity contribution in [1.82, 2.24) is 4.57 Å². The van der Waals surface area contributed by atoms with Gasteiger partial charge in [0.1, 0.15) is 10.7 Å². The van der Waals surface area contributed by atoms with E-state index < -0.39 is 32.7 Å². The maximum Gasteiger partial charge on any atom is 1.00 e. The number of para-hydroxylation sites is 1. The molecule has 10 heteroatoms. The number of pyridine rings is 1. The smallest absolute Gasteiger partial charge is 0.859 e. The quantitative estimate of drug-likeness (QED) is 0.545. The average molecular weight is 449 g/mol. The predicted octanol–water partition coefficient (Wildman–Crippen LogP) is -0.421.